The summed E-state index contributed by atoms with van der Waals surface area (Å²) in [5.74, 6) is 0.856. The van der Waals surface area contributed by atoms with Crippen LogP contribution in [0.3, 0.4) is 0 Å². The van der Waals surface area contributed by atoms with Gasteiger partial charge in [0.05, 0.1) is 0 Å². The van der Waals surface area contributed by atoms with Gasteiger partial charge in [-0.3, -0.25) is 0 Å². The van der Waals surface area contributed by atoms with Crippen molar-refractivity contribution in [2.24, 2.45) is 0 Å². The Bertz CT molecular complexity index is 3310. The van der Waals surface area contributed by atoms with Crippen LogP contribution in [0.1, 0.15) is 11.3 Å². The van der Waals surface area contributed by atoms with Crippen molar-refractivity contribution >= 4 is 82.1 Å². The van der Waals surface area contributed by atoms with Crippen LogP contribution in [0.15, 0.2) is 173 Å². The van der Waals surface area contributed by atoms with E-state index < -0.39 is 0 Å². The van der Waals surface area contributed by atoms with Crippen molar-refractivity contribution in [1.82, 2.24) is 0 Å². The third-order valence-electron chi connectivity index (χ3n) is 11.2. The van der Waals surface area contributed by atoms with E-state index in [1.807, 2.05) is 18.2 Å². The molecule has 53 heavy (non-hydrogen) atoms. The van der Waals surface area contributed by atoms with Gasteiger partial charge in [0.2, 0.25) is 0 Å². The minimum absolute atomic E-state index is 0.856. The second-order valence-electron chi connectivity index (χ2n) is 14.0. The monoisotopic (exact) mass is 676 g/mol. The fraction of sp³-hybridized carbons (Fsp3) is 0.0196. The van der Waals surface area contributed by atoms with Crippen LogP contribution in [0.4, 0.5) is 0 Å². The molecule has 0 amide bonds. The molecule has 0 atom stereocenters. The Morgan fingerprint density at radius 3 is 1.98 bits per heavy atom. The molecular formula is C51H32O2. The maximum atomic E-state index is 6.66. The number of hydrogen-bond acceptors (Lipinski definition) is 2. The molecule has 0 aliphatic carbocycles. The lowest BCUT2D eigenvalue weighted by molar-refractivity contribution is 0.602. The molecule has 0 bridgehead atoms. The number of hydrogen-bond donors (Lipinski definition) is 0. The maximum Gasteiger partial charge on any atom is 0.143 e. The third-order valence-corrected chi connectivity index (χ3v) is 11.2. The predicted octanol–water partition coefficient (Wildman–Crippen LogP) is 14.9. The van der Waals surface area contributed by atoms with E-state index in [1.54, 1.807) is 6.08 Å². The van der Waals surface area contributed by atoms with Gasteiger partial charge in [0.15, 0.2) is 0 Å². The molecule has 9 aromatic carbocycles. The van der Waals surface area contributed by atoms with Crippen LogP contribution in [0.25, 0.3) is 115 Å². The van der Waals surface area contributed by atoms with Crippen molar-refractivity contribution in [3.8, 4) is 33.4 Å². The molecule has 2 heterocycles. The molecule has 2 nitrogen and oxygen atoms in total. The lowest BCUT2D eigenvalue weighted by Gasteiger charge is -2.20. The number of furan rings is 2. The van der Waals surface area contributed by atoms with Gasteiger partial charge >= 0.3 is 0 Å². The van der Waals surface area contributed by atoms with Gasteiger partial charge in [0, 0.05) is 32.8 Å². The fourth-order valence-corrected chi connectivity index (χ4v) is 8.70. The first-order chi connectivity index (χ1) is 26.2. The molecule has 0 saturated carbocycles. The Balaban J connectivity index is 1.26. The van der Waals surface area contributed by atoms with Crippen molar-refractivity contribution in [3.05, 3.63) is 176 Å². The van der Waals surface area contributed by atoms with Crippen LogP contribution in [-0.4, -0.2) is 0 Å². The zero-order valence-electron chi connectivity index (χ0n) is 29.1. The van der Waals surface area contributed by atoms with Gasteiger partial charge in [0.25, 0.3) is 0 Å². The molecular weight excluding hydrogens is 645 g/mol. The molecule has 0 aliphatic rings. The SMILES string of the molecule is C=C/C=C\c1oc2c(-c3ccc4ccc5c(-c6cccc7c6oc6ccccc67)cc(-c6ccc7ccccc7c6)c6ccc3c4c65)cccc2c1C. The van der Waals surface area contributed by atoms with Crippen LogP contribution >= 0.6 is 0 Å². The summed E-state index contributed by atoms with van der Waals surface area (Å²) in [6.45, 7) is 5.98. The van der Waals surface area contributed by atoms with E-state index in [1.165, 1.54) is 54.2 Å². The molecule has 11 aromatic rings. The fourth-order valence-electron chi connectivity index (χ4n) is 8.70. The topological polar surface area (TPSA) is 26.3 Å². The number of benzene rings is 9. The summed E-state index contributed by atoms with van der Waals surface area (Å²) < 4.78 is 13.3. The van der Waals surface area contributed by atoms with Gasteiger partial charge in [0.1, 0.15) is 22.5 Å². The first-order valence-corrected chi connectivity index (χ1v) is 18.1. The van der Waals surface area contributed by atoms with Crippen molar-refractivity contribution in [2.75, 3.05) is 0 Å². The van der Waals surface area contributed by atoms with Crippen LogP contribution in [-0.2, 0) is 0 Å². The van der Waals surface area contributed by atoms with E-state index in [2.05, 4.69) is 153 Å². The molecule has 0 spiro atoms. The summed E-state index contributed by atoms with van der Waals surface area (Å²) in [6.07, 6.45) is 5.70. The molecule has 0 unspecified atom stereocenters. The summed E-state index contributed by atoms with van der Waals surface area (Å²) in [6, 6.07) is 52.9. The van der Waals surface area contributed by atoms with Crippen LogP contribution in [0, 0.1) is 6.92 Å². The van der Waals surface area contributed by atoms with Gasteiger partial charge in [-0.15, -0.1) is 0 Å². The van der Waals surface area contributed by atoms with Crippen molar-refractivity contribution in [2.45, 2.75) is 6.92 Å². The van der Waals surface area contributed by atoms with Gasteiger partial charge in [-0.2, -0.15) is 0 Å². The average molecular weight is 677 g/mol. The molecule has 11 rings (SSSR count). The van der Waals surface area contributed by atoms with Crippen LogP contribution < -0.4 is 0 Å². The molecule has 2 aromatic heterocycles. The van der Waals surface area contributed by atoms with E-state index in [-0.39, 0.29) is 0 Å². The number of fused-ring (bicyclic) bond motifs is 5. The average Bonchev–Trinajstić information content (AvgIpc) is 3.75. The van der Waals surface area contributed by atoms with E-state index in [0.717, 1.165) is 66.5 Å². The van der Waals surface area contributed by atoms with E-state index in [9.17, 15) is 0 Å². The Hall–Kier alpha value is -6.90. The van der Waals surface area contributed by atoms with Crippen molar-refractivity contribution in [3.63, 3.8) is 0 Å². The summed E-state index contributed by atoms with van der Waals surface area (Å²) in [4.78, 5) is 0. The van der Waals surface area contributed by atoms with Gasteiger partial charge < -0.3 is 8.83 Å². The Labute approximate surface area is 305 Å². The van der Waals surface area contributed by atoms with Gasteiger partial charge in [-0.05, 0) is 96.5 Å². The van der Waals surface area contributed by atoms with E-state index in [4.69, 9.17) is 8.83 Å². The van der Waals surface area contributed by atoms with Gasteiger partial charge in [-0.25, -0.2) is 0 Å². The smallest absolute Gasteiger partial charge is 0.143 e. The molecule has 0 saturated heterocycles. The van der Waals surface area contributed by atoms with Crippen LogP contribution in [0.2, 0.25) is 0 Å². The number of allylic oxidation sites excluding steroid dienone is 2. The molecule has 0 aliphatic heterocycles. The van der Waals surface area contributed by atoms with E-state index >= 15 is 0 Å². The lowest BCUT2D eigenvalue weighted by Crippen LogP contribution is -1.93. The standard InChI is InChI=1S/C51H32O2/c1-3-4-18-46-30(2)35-14-9-15-41(50(35)52-46)36-24-22-32-23-25-40-45(43-17-10-16-42-37-13-7-8-19-47(37)53-51(42)43)29-44(39-27-26-38(36)48(32)49(39)40)34-21-20-31-11-5-6-12-33(31)28-34/h3-29H,1H2,2H3/b18-4-. The Morgan fingerprint density at radius 2 is 1.11 bits per heavy atom. The second kappa shape index (κ2) is 11.3. The lowest BCUT2D eigenvalue weighted by atomic mass is 9.83. The Morgan fingerprint density at radius 1 is 0.453 bits per heavy atom. The first-order valence-electron chi connectivity index (χ1n) is 18.1. The number of para-hydroxylation sites is 3. The largest absolute Gasteiger partial charge is 0.456 e. The molecule has 248 valence electrons. The maximum absolute atomic E-state index is 6.66. The number of aryl methyl sites for hydroxylation is 1. The highest BCUT2D eigenvalue weighted by molar-refractivity contribution is 6.31. The zero-order valence-corrected chi connectivity index (χ0v) is 29.1. The number of rotatable bonds is 5. The first kappa shape index (κ1) is 29.8. The molecule has 0 N–H and O–H groups in total. The summed E-state index contributed by atoms with van der Waals surface area (Å²) in [7, 11) is 0. The summed E-state index contributed by atoms with van der Waals surface area (Å²) in [5, 5.41) is 13.2. The zero-order chi connectivity index (χ0) is 35.2. The van der Waals surface area contributed by atoms with Crippen molar-refractivity contribution < 1.29 is 8.83 Å². The van der Waals surface area contributed by atoms with Crippen molar-refractivity contribution in [1.29, 1.82) is 0 Å². The second-order valence-corrected chi connectivity index (χ2v) is 14.0. The van der Waals surface area contributed by atoms with Crippen LogP contribution in [0.5, 0.6) is 0 Å². The highest BCUT2D eigenvalue weighted by atomic mass is 16.3. The molecule has 0 fully saturated rings. The minimum atomic E-state index is 0.856. The molecule has 0 radical (unpaired) electrons. The highest BCUT2D eigenvalue weighted by Crippen LogP contribution is 2.48. The quantitative estimate of drug-likeness (QED) is 0.134. The van der Waals surface area contributed by atoms with Gasteiger partial charge in [-0.1, -0.05) is 146 Å². The normalized spacial score (nSPS) is 12.2. The Kier molecular flexibility index (Phi) is 6.35. The third kappa shape index (κ3) is 4.33. The predicted molar refractivity (Wildman–Crippen MR) is 225 cm³/mol. The molecule has 2 heteroatoms. The summed E-state index contributed by atoms with van der Waals surface area (Å²) in [5.41, 5.74) is 10.7. The highest BCUT2D eigenvalue weighted by Gasteiger charge is 2.22. The summed E-state index contributed by atoms with van der Waals surface area (Å²) >= 11 is 0. The van der Waals surface area contributed by atoms with E-state index in [0.29, 0.717) is 0 Å². The minimum Gasteiger partial charge on any atom is -0.456 e.